The van der Waals surface area contributed by atoms with E-state index in [4.69, 9.17) is 0 Å². The van der Waals surface area contributed by atoms with E-state index in [-0.39, 0.29) is 0 Å². The van der Waals surface area contributed by atoms with Crippen molar-refractivity contribution in [2.75, 3.05) is 0 Å². The Balaban J connectivity index is 1.91. The lowest BCUT2D eigenvalue weighted by atomic mass is 9.60. The second kappa shape index (κ2) is 3.73. The van der Waals surface area contributed by atoms with Crippen LogP contribution in [0, 0.1) is 5.92 Å². The van der Waals surface area contributed by atoms with Crippen molar-refractivity contribution in [2.45, 2.75) is 57.3 Å². The molecule has 3 aliphatic carbocycles. The Morgan fingerprint density at radius 1 is 1.06 bits per heavy atom. The van der Waals surface area contributed by atoms with Crippen LogP contribution in [0.2, 0.25) is 0 Å². The van der Waals surface area contributed by atoms with Gasteiger partial charge in [-0.25, -0.2) is 0 Å². The van der Waals surface area contributed by atoms with Crippen LogP contribution in [0.5, 0.6) is 0 Å². The molecule has 94 valence electrons. The maximum Gasteiger partial charge on any atom is 0.0139 e. The number of hydrogen-bond donors (Lipinski definition) is 0. The molecule has 0 heteroatoms. The molecule has 0 heterocycles. The highest BCUT2D eigenvalue weighted by Crippen LogP contribution is 2.54. The van der Waals surface area contributed by atoms with Gasteiger partial charge >= 0.3 is 0 Å². The Kier molecular flexibility index (Phi) is 2.24. The molecular formula is C18H22. The van der Waals surface area contributed by atoms with Crippen LogP contribution in [-0.2, 0) is 11.8 Å². The Bertz CT molecular complexity index is 523. The summed E-state index contributed by atoms with van der Waals surface area (Å²) < 4.78 is 0. The number of allylic oxidation sites excluding steroid dienone is 2. The first-order chi connectivity index (χ1) is 8.79. The van der Waals surface area contributed by atoms with Crippen molar-refractivity contribution in [3.8, 4) is 0 Å². The van der Waals surface area contributed by atoms with Crippen LogP contribution in [0.3, 0.4) is 0 Å². The molecule has 3 aliphatic rings. The number of hydrogen-bond acceptors (Lipinski definition) is 0. The van der Waals surface area contributed by atoms with E-state index in [1.165, 1.54) is 44.9 Å². The second-order valence-corrected chi connectivity index (χ2v) is 6.62. The van der Waals surface area contributed by atoms with Crippen molar-refractivity contribution < 1.29 is 0 Å². The van der Waals surface area contributed by atoms with E-state index in [2.05, 4.69) is 31.2 Å². The van der Waals surface area contributed by atoms with Gasteiger partial charge in [0, 0.05) is 5.41 Å². The summed E-state index contributed by atoms with van der Waals surface area (Å²) >= 11 is 0. The molecule has 0 radical (unpaired) electrons. The maximum absolute atomic E-state index is 2.52. The third kappa shape index (κ3) is 1.32. The van der Waals surface area contributed by atoms with Gasteiger partial charge in [0.2, 0.25) is 0 Å². The SMILES string of the molecule is C[C@]12CCC3CCCC3=C1CCc1ccccc12. The average molecular weight is 238 g/mol. The fraction of sp³-hybridized carbons (Fsp3) is 0.556. The summed E-state index contributed by atoms with van der Waals surface area (Å²) in [5.74, 6) is 0.957. The Morgan fingerprint density at radius 2 is 1.94 bits per heavy atom. The number of rotatable bonds is 0. The van der Waals surface area contributed by atoms with Gasteiger partial charge < -0.3 is 0 Å². The highest BCUT2D eigenvalue weighted by atomic mass is 14.5. The van der Waals surface area contributed by atoms with E-state index in [9.17, 15) is 0 Å². The molecule has 0 nitrogen and oxygen atoms in total. The Labute approximate surface area is 110 Å². The summed E-state index contributed by atoms with van der Waals surface area (Å²) in [5, 5.41) is 0. The highest BCUT2D eigenvalue weighted by molar-refractivity contribution is 5.48. The monoisotopic (exact) mass is 238 g/mol. The molecule has 0 aromatic heterocycles. The fourth-order valence-electron chi connectivity index (χ4n) is 4.87. The molecule has 1 aromatic rings. The van der Waals surface area contributed by atoms with Crippen LogP contribution in [0.4, 0.5) is 0 Å². The standard InChI is InChI=1S/C18H22/c1-18-12-11-13-6-4-7-15(13)17(18)10-9-14-5-2-3-8-16(14)18/h2-3,5,8,13H,4,6-7,9-12H2,1H3/t13?,18-/m1/s1. The maximum atomic E-state index is 2.52. The smallest absolute Gasteiger partial charge is 0.0139 e. The Morgan fingerprint density at radius 3 is 2.89 bits per heavy atom. The van der Waals surface area contributed by atoms with Gasteiger partial charge in [-0.2, -0.15) is 0 Å². The van der Waals surface area contributed by atoms with Gasteiger partial charge in [0.25, 0.3) is 0 Å². The predicted molar refractivity (Wildman–Crippen MR) is 75.7 cm³/mol. The van der Waals surface area contributed by atoms with Gasteiger partial charge in [-0.3, -0.25) is 0 Å². The van der Waals surface area contributed by atoms with E-state index in [1.54, 1.807) is 11.1 Å². The molecule has 1 saturated carbocycles. The van der Waals surface area contributed by atoms with Crippen LogP contribution in [0.15, 0.2) is 35.4 Å². The number of aryl methyl sites for hydroxylation is 1. The molecule has 0 saturated heterocycles. The first-order valence-corrected chi connectivity index (χ1v) is 7.60. The van der Waals surface area contributed by atoms with Crippen molar-refractivity contribution in [3.63, 3.8) is 0 Å². The van der Waals surface area contributed by atoms with E-state index >= 15 is 0 Å². The Hall–Kier alpha value is -1.04. The number of fused-ring (bicyclic) bond motifs is 4. The zero-order chi connectivity index (χ0) is 12.2. The topological polar surface area (TPSA) is 0 Å². The lowest BCUT2D eigenvalue weighted by Gasteiger charge is -2.44. The summed E-state index contributed by atoms with van der Waals surface area (Å²) in [6.07, 6.45) is 9.74. The van der Waals surface area contributed by atoms with Gasteiger partial charge in [0.05, 0.1) is 0 Å². The van der Waals surface area contributed by atoms with Gasteiger partial charge in [0.15, 0.2) is 0 Å². The van der Waals surface area contributed by atoms with E-state index in [1.807, 2.05) is 11.1 Å². The molecule has 4 rings (SSSR count). The summed E-state index contributed by atoms with van der Waals surface area (Å²) in [5.41, 5.74) is 7.35. The number of benzene rings is 1. The van der Waals surface area contributed by atoms with Crippen LogP contribution >= 0.6 is 0 Å². The highest BCUT2D eigenvalue weighted by Gasteiger charge is 2.43. The van der Waals surface area contributed by atoms with E-state index in [0.717, 1.165) is 5.92 Å². The summed E-state index contributed by atoms with van der Waals surface area (Å²) in [6, 6.07) is 9.19. The summed E-state index contributed by atoms with van der Waals surface area (Å²) in [6.45, 7) is 2.52. The predicted octanol–water partition coefficient (Wildman–Crippen LogP) is 4.78. The van der Waals surface area contributed by atoms with Gasteiger partial charge in [-0.1, -0.05) is 42.3 Å². The lowest BCUT2D eigenvalue weighted by molar-refractivity contribution is 0.370. The van der Waals surface area contributed by atoms with Crippen molar-refractivity contribution in [1.29, 1.82) is 0 Å². The van der Waals surface area contributed by atoms with Crippen molar-refractivity contribution in [2.24, 2.45) is 5.92 Å². The van der Waals surface area contributed by atoms with Crippen LogP contribution in [0.25, 0.3) is 0 Å². The quantitative estimate of drug-likeness (QED) is 0.570. The van der Waals surface area contributed by atoms with Gasteiger partial charge in [-0.15, -0.1) is 0 Å². The molecule has 2 atom stereocenters. The minimum atomic E-state index is 0.380. The molecule has 0 aliphatic heterocycles. The molecular weight excluding hydrogens is 216 g/mol. The van der Waals surface area contributed by atoms with E-state index in [0.29, 0.717) is 5.41 Å². The lowest BCUT2D eigenvalue weighted by Crippen LogP contribution is -2.35. The van der Waals surface area contributed by atoms with Gasteiger partial charge in [-0.05, 0) is 62.0 Å². The van der Waals surface area contributed by atoms with E-state index < -0.39 is 0 Å². The minimum absolute atomic E-state index is 0.380. The molecule has 0 spiro atoms. The molecule has 1 aromatic carbocycles. The molecule has 1 fully saturated rings. The molecule has 0 amide bonds. The van der Waals surface area contributed by atoms with Crippen molar-refractivity contribution in [1.82, 2.24) is 0 Å². The summed E-state index contributed by atoms with van der Waals surface area (Å²) in [7, 11) is 0. The van der Waals surface area contributed by atoms with Crippen LogP contribution < -0.4 is 0 Å². The zero-order valence-electron chi connectivity index (χ0n) is 11.3. The molecule has 0 bridgehead atoms. The first kappa shape index (κ1) is 10.8. The average Bonchev–Trinajstić information content (AvgIpc) is 2.87. The van der Waals surface area contributed by atoms with Crippen LogP contribution in [-0.4, -0.2) is 0 Å². The zero-order valence-corrected chi connectivity index (χ0v) is 11.3. The second-order valence-electron chi connectivity index (χ2n) is 6.62. The molecule has 1 unspecified atom stereocenters. The summed E-state index contributed by atoms with van der Waals surface area (Å²) in [4.78, 5) is 0. The third-order valence-electron chi connectivity index (χ3n) is 5.79. The fourth-order valence-corrected chi connectivity index (χ4v) is 4.87. The first-order valence-electron chi connectivity index (χ1n) is 7.60. The van der Waals surface area contributed by atoms with Crippen molar-refractivity contribution in [3.05, 3.63) is 46.5 Å². The normalized spacial score (nSPS) is 33.9. The molecule has 0 N–H and O–H groups in total. The van der Waals surface area contributed by atoms with Crippen LogP contribution in [0.1, 0.15) is 56.6 Å². The minimum Gasteiger partial charge on any atom is -0.0670 e. The van der Waals surface area contributed by atoms with Crippen molar-refractivity contribution >= 4 is 0 Å². The largest absolute Gasteiger partial charge is 0.0670 e. The third-order valence-corrected chi connectivity index (χ3v) is 5.79. The molecule has 18 heavy (non-hydrogen) atoms. The van der Waals surface area contributed by atoms with Gasteiger partial charge in [0.1, 0.15) is 0 Å².